The Hall–Kier alpha value is -2.38. The van der Waals surface area contributed by atoms with E-state index in [4.69, 9.17) is 0 Å². The maximum Gasteiger partial charge on any atom is 0.327 e. The summed E-state index contributed by atoms with van der Waals surface area (Å²) in [6.45, 7) is 0.185. The number of amides is 4. The number of hydrogen-bond acceptors (Lipinski definition) is 4. The van der Waals surface area contributed by atoms with Crippen LogP contribution in [0.1, 0.15) is 37.7 Å². The molecule has 2 heterocycles. The van der Waals surface area contributed by atoms with Gasteiger partial charge in [0, 0.05) is 39.4 Å². The number of urea groups is 1. The van der Waals surface area contributed by atoms with E-state index in [0.717, 1.165) is 29.7 Å². The zero-order valence-electron chi connectivity index (χ0n) is 15.1. The molecule has 1 aliphatic carbocycles. The van der Waals surface area contributed by atoms with Gasteiger partial charge in [-0.2, -0.15) is 5.10 Å². The molecule has 2 fully saturated rings. The average molecular weight is 347 g/mol. The largest absolute Gasteiger partial charge is 0.340 e. The first-order valence-electron chi connectivity index (χ1n) is 8.66. The molecule has 1 aromatic heterocycles. The SMILES string of the molecule is CN(Cc1cnn(C)c1)C(=O)CN1C(=O)N(C)C2(CCCCC2)C1=O. The van der Waals surface area contributed by atoms with E-state index >= 15 is 0 Å². The molecule has 1 saturated carbocycles. The Bertz CT molecular complexity index is 692. The van der Waals surface area contributed by atoms with E-state index in [9.17, 15) is 14.4 Å². The van der Waals surface area contributed by atoms with Gasteiger partial charge in [-0.15, -0.1) is 0 Å². The lowest BCUT2D eigenvalue weighted by Crippen LogP contribution is -2.49. The van der Waals surface area contributed by atoms with E-state index in [0.29, 0.717) is 19.4 Å². The summed E-state index contributed by atoms with van der Waals surface area (Å²) in [5.74, 6) is -0.477. The summed E-state index contributed by atoms with van der Waals surface area (Å²) in [5.41, 5.74) is 0.163. The van der Waals surface area contributed by atoms with Crippen LogP contribution >= 0.6 is 0 Å². The highest BCUT2D eigenvalue weighted by Gasteiger charge is 2.55. The summed E-state index contributed by atoms with van der Waals surface area (Å²) in [6, 6.07) is -0.366. The molecule has 1 aromatic rings. The van der Waals surface area contributed by atoms with Crippen molar-refractivity contribution in [3.05, 3.63) is 18.0 Å². The molecule has 0 radical (unpaired) electrons. The van der Waals surface area contributed by atoms with Gasteiger partial charge in [0.1, 0.15) is 12.1 Å². The van der Waals surface area contributed by atoms with Crippen molar-refractivity contribution < 1.29 is 14.4 Å². The van der Waals surface area contributed by atoms with Crippen molar-refractivity contribution in [2.24, 2.45) is 7.05 Å². The highest BCUT2D eigenvalue weighted by Crippen LogP contribution is 2.39. The summed E-state index contributed by atoms with van der Waals surface area (Å²) in [7, 11) is 5.15. The highest BCUT2D eigenvalue weighted by molar-refractivity contribution is 6.08. The molecule has 8 nitrogen and oxygen atoms in total. The standard InChI is InChI=1S/C17H25N5O3/c1-19(10-13-9-18-20(2)11-13)14(23)12-22-15(24)17(21(3)16(22)25)7-5-4-6-8-17/h9,11H,4-8,10,12H2,1-3H3. The Balaban J connectivity index is 1.68. The molecule has 0 N–H and O–H groups in total. The number of aryl methyl sites for hydroxylation is 1. The first-order valence-corrected chi connectivity index (χ1v) is 8.66. The summed E-state index contributed by atoms with van der Waals surface area (Å²) >= 11 is 0. The van der Waals surface area contributed by atoms with E-state index in [1.54, 1.807) is 29.9 Å². The molecule has 0 atom stereocenters. The molecule has 0 aromatic carbocycles. The molecule has 136 valence electrons. The predicted molar refractivity (Wildman–Crippen MR) is 90.4 cm³/mol. The van der Waals surface area contributed by atoms with Gasteiger partial charge in [-0.25, -0.2) is 4.79 Å². The minimum Gasteiger partial charge on any atom is -0.340 e. The normalized spacial score (nSPS) is 19.8. The molecule has 3 rings (SSSR count). The van der Waals surface area contributed by atoms with Crippen LogP contribution in [0.15, 0.2) is 12.4 Å². The van der Waals surface area contributed by atoms with Crippen LogP contribution in [0.25, 0.3) is 0 Å². The van der Waals surface area contributed by atoms with Gasteiger partial charge in [-0.05, 0) is 12.8 Å². The monoisotopic (exact) mass is 347 g/mol. The maximum absolute atomic E-state index is 12.9. The number of aromatic nitrogens is 2. The second kappa shape index (κ2) is 6.50. The van der Waals surface area contributed by atoms with Crippen LogP contribution in [0.3, 0.4) is 0 Å². The van der Waals surface area contributed by atoms with Crippen LogP contribution in [0.2, 0.25) is 0 Å². The Morgan fingerprint density at radius 3 is 2.52 bits per heavy atom. The second-order valence-electron chi connectivity index (χ2n) is 7.10. The van der Waals surface area contributed by atoms with Gasteiger partial charge in [0.05, 0.1) is 6.20 Å². The van der Waals surface area contributed by atoms with Crippen LogP contribution in [0, 0.1) is 0 Å². The molecule has 1 saturated heterocycles. The zero-order chi connectivity index (χ0) is 18.2. The van der Waals surface area contributed by atoms with Crippen molar-refractivity contribution in [2.45, 2.75) is 44.2 Å². The summed E-state index contributed by atoms with van der Waals surface area (Å²) in [5, 5.41) is 4.08. The molecule has 1 aliphatic heterocycles. The van der Waals surface area contributed by atoms with Crippen LogP contribution in [0.4, 0.5) is 4.79 Å². The molecule has 2 aliphatic rings. The van der Waals surface area contributed by atoms with Crippen molar-refractivity contribution in [1.82, 2.24) is 24.5 Å². The first-order chi connectivity index (χ1) is 11.8. The van der Waals surface area contributed by atoms with Gasteiger partial charge >= 0.3 is 6.03 Å². The molecular weight excluding hydrogens is 322 g/mol. The third-order valence-electron chi connectivity index (χ3n) is 5.38. The smallest absolute Gasteiger partial charge is 0.327 e. The Labute approximate surface area is 147 Å². The van der Waals surface area contributed by atoms with E-state index in [1.165, 1.54) is 4.90 Å². The van der Waals surface area contributed by atoms with Crippen LogP contribution < -0.4 is 0 Å². The van der Waals surface area contributed by atoms with Crippen molar-refractivity contribution in [1.29, 1.82) is 0 Å². The number of rotatable bonds is 4. The van der Waals surface area contributed by atoms with Gasteiger partial charge < -0.3 is 9.80 Å². The molecule has 4 amide bonds. The summed E-state index contributed by atoms with van der Waals surface area (Å²) in [4.78, 5) is 42.2. The van der Waals surface area contributed by atoms with Gasteiger partial charge in [-0.3, -0.25) is 19.2 Å². The van der Waals surface area contributed by atoms with Crippen molar-refractivity contribution >= 4 is 17.8 Å². The van der Waals surface area contributed by atoms with Gasteiger partial charge in [-0.1, -0.05) is 19.3 Å². The summed E-state index contributed by atoms with van der Waals surface area (Å²) in [6.07, 6.45) is 7.86. The zero-order valence-corrected chi connectivity index (χ0v) is 15.1. The fourth-order valence-electron chi connectivity index (χ4n) is 3.84. The second-order valence-corrected chi connectivity index (χ2v) is 7.10. The lowest BCUT2D eigenvalue weighted by molar-refractivity contribution is -0.140. The fourth-order valence-corrected chi connectivity index (χ4v) is 3.84. The molecule has 25 heavy (non-hydrogen) atoms. The lowest BCUT2D eigenvalue weighted by Gasteiger charge is -2.35. The molecule has 1 spiro atoms. The van der Waals surface area contributed by atoms with Crippen LogP contribution in [0.5, 0.6) is 0 Å². The maximum atomic E-state index is 12.9. The minimum absolute atomic E-state index is 0.208. The topological polar surface area (TPSA) is 78.8 Å². The van der Waals surface area contributed by atoms with Gasteiger partial charge in [0.2, 0.25) is 5.91 Å². The number of carbonyl (C=O) groups is 3. The summed E-state index contributed by atoms with van der Waals surface area (Å²) < 4.78 is 1.67. The van der Waals surface area contributed by atoms with Gasteiger partial charge in [0.25, 0.3) is 5.91 Å². The molecular formula is C17H25N5O3. The number of nitrogens with zero attached hydrogens (tertiary/aromatic N) is 5. The number of carbonyl (C=O) groups excluding carboxylic acids is 3. The van der Waals surface area contributed by atoms with Crippen LogP contribution in [-0.2, 0) is 23.2 Å². The Morgan fingerprint density at radius 2 is 1.92 bits per heavy atom. The minimum atomic E-state index is -0.739. The van der Waals surface area contributed by atoms with Crippen LogP contribution in [-0.4, -0.2) is 68.5 Å². The van der Waals surface area contributed by atoms with E-state index in [1.807, 2.05) is 13.2 Å². The quantitative estimate of drug-likeness (QED) is 0.761. The molecule has 0 bridgehead atoms. The molecule has 0 unspecified atom stereocenters. The third-order valence-corrected chi connectivity index (χ3v) is 5.38. The van der Waals surface area contributed by atoms with E-state index in [2.05, 4.69) is 5.10 Å². The number of imide groups is 1. The Kier molecular flexibility index (Phi) is 4.53. The van der Waals surface area contributed by atoms with Gasteiger partial charge in [0.15, 0.2) is 0 Å². The Morgan fingerprint density at radius 1 is 1.24 bits per heavy atom. The highest BCUT2D eigenvalue weighted by atomic mass is 16.2. The average Bonchev–Trinajstić information content (AvgIpc) is 3.08. The fraction of sp³-hybridized carbons (Fsp3) is 0.647. The lowest BCUT2D eigenvalue weighted by atomic mass is 9.81. The number of likely N-dealkylation sites (N-methyl/N-ethyl adjacent to an activating group) is 2. The van der Waals surface area contributed by atoms with Crippen molar-refractivity contribution in [2.75, 3.05) is 20.6 Å². The van der Waals surface area contributed by atoms with Crippen molar-refractivity contribution in [3.8, 4) is 0 Å². The van der Waals surface area contributed by atoms with E-state index < -0.39 is 5.54 Å². The van der Waals surface area contributed by atoms with E-state index in [-0.39, 0.29) is 24.4 Å². The predicted octanol–water partition coefficient (Wildman–Crippen LogP) is 0.975. The third kappa shape index (κ3) is 3.01. The molecule has 8 heteroatoms. The number of hydrogen-bond donors (Lipinski definition) is 0. The first kappa shape index (κ1) is 17.4. The van der Waals surface area contributed by atoms with Crippen molar-refractivity contribution in [3.63, 3.8) is 0 Å².